The predicted octanol–water partition coefficient (Wildman–Crippen LogP) is 5.50. The Morgan fingerprint density at radius 3 is 2.43 bits per heavy atom. The Morgan fingerprint density at radius 2 is 1.73 bits per heavy atom. The van der Waals surface area contributed by atoms with Gasteiger partial charge in [0.15, 0.2) is 0 Å². The number of nitrogens with one attached hydrogen (secondary N) is 1. The van der Waals surface area contributed by atoms with Crippen LogP contribution in [0.5, 0.6) is 0 Å². The molecule has 1 fully saturated rings. The third-order valence-electron chi connectivity index (χ3n) is 6.48. The summed E-state index contributed by atoms with van der Waals surface area (Å²) in [5.74, 6) is -0.521. The fraction of sp³-hybridized carbons (Fsp3) is 0.259. The Hall–Kier alpha value is -3.40. The van der Waals surface area contributed by atoms with Gasteiger partial charge in [0.1, 0.15) is 11.7 Å². The van der Waals surface area contributed by atoms with E-state index in [0.717, 1.165) is 23.0 Å². The molecule has 0 spiro atoms. The molecule has 2 aromatic carbocycles. The maximum absolute atomic E-state index is 13.6. The van der Waals surface area contributed by atoms with Gasteiger partial charge in [-0.2, -0.15) is 13.2 Å². The number of rotatable bonds is 6. The lowest BCUT2D eigenvalue weighted by atomic mass is 10.0. The molecule has 0 aliphatic carbocycles. The molecule has 1 saturated heterocycles. The fourth-order valence-corrected chi connectivity index (χ4v) is 4.87. The summed E-state index contributed by atoms with van der Waals surface area (Å²) in [6.45, 7) is 3.22. The van der Waals surface area contributed by atoms with Crippen molar-refractivity contribution in [3.05, 3.63) is 101 Å². The molecule has 1 aliphatic rings. The van der Waals surface area contributed by atoms with Crippen molar-refractivity contribution >= 4 is 28.8 Å². The van der Waals surface area contributed by atoms with Crippen LogP contribution in [0, 0.1) is 0 Å². The van der Waals surface area contributed by atoms with Crippen LogP contribution in [-0.2, 0) is 17.5 Å². The molecule has 0 bridgehead atoms. The second-order valence-electron chi connectivity index (χ2n) is 9.00. The first kappa shape index (κ1) is 25.3. The van der Waals surface area contributed by atoms with Crippen molar-refractivity contribution in [3.8, 4) is 0 Å². The summed E-state index contributed by atoms with van der Waals surface area (Å²) in [6.07, 6.45) is -0.691. The van der Waals surface area contributed by atoms with Crippen LogP contribution in [0.15, 0.2) is 79.1 Å². The summed E-state index contributed by atoms with van der Waals surface area (Å²) < 4.78 is 42.8. The third kappa shape index (κ3) is 5.79. The fourth-order valence-electron chi connectivity index (χ4n) is 4.70. The number of anilines is 1. The van der Waals surface area contributed by atoms with Crippen LogP contribution in [0.1, 0.15) is 22.9 Å². The Balaban J connectivity index is 1.32. The van der Waals surface area contributed by atoms with Gasteiger partial charge < -0.3 is 9.72 Å². The molecule has 1 amide bonds. The zero-order valence-corrected chi connectivity index (χ0v) is 20.6. The number of pyridine rings is 1. The van der Waals surface area contributed by atoms with E-state index in [1.54, 1.807) is 0 Å². The lowest BCUT2D eigenvalue weighted by Gasteiger charge is -2.38. The van der Waals surface area contributed by atoms with Crippen LogP contribution >= 0.6 is 11.6 Å². The van der Waals surface area contributed by atoms with Gasteiger partial charge in [-0.25, -0.2) is 4.98 Å². The Bertz CT molecular complexity index is 1350. The molecule has 6 nitrogen and oxygen atoms in total. The van der Waals surface area contributed by atoms with Crippen LogP contribution < -0.4 is 5.32 Å². The number of fused-ring (bicyclic) bond motifs is 1. The van der Waals surface area contributed by atoms with Crippen LogP contribution in [0.3, 0.4) is 0 Å². The number of hydrogen-bond acceptors (Lipinski definition) is 4. The highest BCUT2D eigenvalue weighted by atomic mass is 35.5. The minimum absolute atomic E-state index is 0.0494. The third-order valence-corrected chi connectivity index (χ3v) is 6.72. The van der Waals surface area contributed by atoms with E-state index >= 15 is 0 Å². The number of hydrogen-bond donors (Lipinski definition) is 1. The standard InChI is InChI=1S/C27H25ClF3N5O/c28-20-9-10-23(22(16-20)27(29,30)31)33-26(37)25(19-6-2-1-3-7-19)35-14-12-34(13-15-35)17-21-18-36-11-5-4-8-24(36)32-21/h1-11,16,18,25H,12-15,17H2,(H,33,37)/t25-/m1/s1. The number of alkyl halides is 3. The van der Waals surface area contributed by atoms with E-state index in [-0.39, 0.29) is 10.7 Å². The summed E-state index contributed by atoms with van der Waals surface area (Å²) in [4.78, 5) is 22.4. The van der Waals surface area contributed by atoms with Gasteiger partial charge in [-0.15, -0.1) is 0 Å². The van der Waals surface area contributed by atoms with E-state index in [1.165, 1.54) is 12.1 Å². The van der Waals surface area contributed by atoms with Crippen LogP contribution in [-0.4, -0.2) is 51.3 Å². The second-order valence-corrected chi connectivity index (χ2v) is 9.44. The molecular weight excluding hydrogens is 503 g/mol. The zero-order chi connectivity index (χ0) is 26.0. The van der Waals surface area contributed by atoms with E-state index in [9.17, 15) is 18.0 Å². The lowest BCUT2D eigenvalue weighted by molar-refractivity contribution is -0.137. The summed E-state index contributed by atoms with van der Waals surface area (Å²) in [6, 6.07) is 17.6. The van der Waals surface area contributed by atoms with Gasteiger partial charge in [-0.1, -0.05) is 48.0 Å². The van der Waals surface area contributed by atoms with Gasteiger partial charge in [-0.05, 0) is 35.9 Å². The summed E-state index contributed by atoms with van der Waals surface area (Å²) in [5.41, 5.74) is 1.28. The highest BCUT2D eigenvalue weighted by molar-refractivity contribution is 6.30. The Labute approximate surface area is 217 Å². The first-order valence-corrected chi connectivity index (χ1v) is 12.3. The molecule has 2 aromatic heterocycles. The molecule has 3 heterocycles. The van der Waals surface area contributed by atoms with Gasteiger partial charge in [-0.3, -0.25) is 14.6 Å². The molecule has 192 valence electrons. The maximum atomic E-state index is 13.6. The van der Waals surface area contributed by atoms with Crippen molar-refractivity contribution in [2.45, 2.75) is 18.8 Å². The minimum atomic E-state index is -4.65. The molecule has 10 heteroatoms. The number of benzene rings is 2. The van der Waals surface area contributed by atoms with Crippen molar-refractivity contribution in [1.29, 1.82) is 0 Å². The highest BCUT2D eigenvalue weighted by Gasteiger charge is 2.36. The number of halogens is 4. The van der Waals surface area contributed by atoms with Crippen LogP contribution in [0.4, 0.5) is 18.9 Å². The van der Waals surface area contributed by atoms with Gasteiger partial charge >= 0.3 is 6.18 Å². The number of carbonyl (C=O) groups excluding carboxylic acids is 1. The van der Waals surface area contributed by atoms with Crippen molar-refractivity contribution in [3.63, 3.8) is 0 Å². The Kier molecular flexibility index (Phi) is 7.19. The first-order chi connectivity index (χ1) is 17.8. The smallest absolute Gasteiger partial charge is 0.324 e. The number of nitrogens with zero attached hydrogens (tertiary/aromatic N) is 4. The van der Waals surface area contributed by atoms with Gasteiger partial charge in [0.2, 0.25) is 5.91 Å². The minimum Gasteiger partial charge on any atom is -0.324 e. The summed E-state index contributed by atoms with van der Waals surface area (Å²) in [7, 11) is 0. The van der Waals surface area contributed by atoms with E-state index in [1.807, 2.05) is 70.2 Å². The average Bonchev–Trinajstić information content (AvgIpc) is 3.29. The largest absolute Gasteiger partial charge is 0.418 e. The quantitative estimate of drug-likeness (QED) is 0.359. The molecule has 5 rings (SSSR count). The van der Waals surface area contributed by atoms with Crippen molar-refractivity contribution < 1.29 is 18.0 Å². The molecule has 1 aliphatic heterocycles. The molecule has 0 radical (unpaired) electrons. The molecule has 0 unspecified atom stereocenters. The zero-order valence-electron chi connectivity index (χ0n) is 19.8. The van der Waals surface area contributed by atoms with Crippen molar-refractivity contribution in [1.82, 2.24) is 19.2 Å². The van der Waals surface area contributed by atoms with Crippen molar-refractivity contribution in [2.24, 2.45) is 0 Å². The highest BCUT2D eigenvalue weighted by Crippen LogP contribution is 2.37. The van der Waals surface area contributed by atoms with E-state index in [0.29, 0.717) is 32.7 Å². The van der Waals surface area contributed by atoms with E-state index in [4.69, 9.17) is 11.6 Å². The van der Waals surface area contributed by atoms with Crippen LogP contribution in [0.25, 0.3) is 5.65 Å². The first-order valence-electron chi connectivity index (χ1n) is 11.9. The predicted molar refractivity (Wildman–Crippen MR) is 136 cm³/mol. The molecule has 37 heavy (non-hydrogen) atoms. The maximum Gasteiger partial charge on any atom is 0.418 e. The molecule has 1 atom stereocenters. The molecule has 1 N–H and O–H groups in total. The second kappa shape index (κ2) is 10.5. The van der Waals surface area contributed by atoms with Gasteiger partial charge in [0.25, 0.3) is 0 Å². The van der Waals surface area contributed by atoms with Crippen molar-refractivity contribution in [2.75, 3.05) is 31.5 Å². The lowest BCUT2D eigenvalue weighted by Crippen LogP contribution is -2.49. The Morgan fingerprint density at radius 1 is 1.00 bits per heavy atom. The molecule has 4 aromatic rings. The number of carbonyl (C=O) groups is 1. The molecule has 0 saturated carbocycles. The number of amides is 1. The summed E-state index contributed by atoms with van der Waals surface area (Å²) >= 11 is 5.80. The number of aromatic nitrogens is 2. The van der Waals surface area contributed by atoms with E-state index < -0.39 is 23.7 Å². The summed E-state index contributed by atoms with van der Waals surface area (Å²) in [5, 5.41) is 2.47. The van der Waals surface area contributed by atoms with Gasteiger partial charge in [0.05, 0.1) is 16.9 Å². The van der Waals surface area contributed by atoms with Gasteiger partial charge in [0, 0.05) is 50.1 Å². The normalized spacial score (nSPS) is 16.1. The monoisotopic (exact) mass is 527 g/mol. The number of piperazine rings is 1. The van der Waals surface area contributed by atoms with E-state index in [2.05, 4.69) is 15.2 Å². The molecular formula is C27H25ClF3N5O. The van der Waals surface area contributed by atoms with Crippen LogP contribution in [0.2, 0.25) is 5.02 Å². The average molecular weight is 528 g/mol. The topological polar surface area (TPSA) is 52.9 Å². The number of imidazole rings is 1. The SMILES string of the molecule is O=C(Nc1ccc(Cl)cc1C(F)(F)F)[C@@H](c1ccccc1)N1CCN(Cc2cn3ccccc3n2)CC1.